The second-order valence-corrected chi connectivity index (χ2v) is 13.3. The van der Waals surface area contributed by atoms with E-state index in [1.807, 2.05) is 37.2 Å². The highest BCUT2D eigenvalue weighted by Gasteiger charge is 2.21. The highest BCUT2D eigenvalue weighted by molar-refractivity contribution is 7.85. The van der Waals surface area contributed by atoms with Gasteiger partial charge in [0.2, 0.25) is 5.95 Å². The molecule has 3 aromatic heterocycles. The van der Waals surface area contributed by atoms with Gasteiger partial charge in [0, 0.05) is 58.0 Å². The number of pyridine rings is 2. The van der Waals surface area contributed by atoms with Crippen molar-refractivity contribution >= 4 is 39.3 Å². The Morgan fingerprint density at radius 2 is 1.80 bits per heavy atom. The molecule has 2 N–H and O–H groups in total. The molecule has 1 unspecified atom stereocenters. The second kappa shape index (κ2) is 14.2. The number of nitrogens with one attached hydrogen (secondary N) is 2. The van der Waals surface area contributed by atoms with Crippen LogP contribution >= 0.6 is 0 Å². The number of hydrogen-bond acceptors (Lipinski definition) is 9. The quantitative estimate of drug-likeness (QED) is 0.204. The fourth-order valence-corrected chi connectivity index (χ4v) is 7.07. The van der Waals surface area contributed by atoms with Crippen molar-refractivity contribution in [3.8, 4) is 0 Å². The minimum Gasteiger partial charge on any atom is -0.324 e. The molecule has 46 heavy (non-hydrogen) atoms. The summed E-state index contributed by atoms with van der Waals surface area (Å²) in [7, 11) is 2.54. The first-order valence-corrected chi connectivity index (χ1v) is 16.7. The summed E-state index contributed by atoms with van der Waals surface area (Å²) in [5.41, 5.74) is 3.03. The zero-order valence-corrected chi connectivity index (χ0v) is 26.8. The summed E-state index contributed by atoms with van der Waals surface area (Å²) in [6.07, 6.45) is 7.08. The van der Waals surface area contributed by atoms with Gasteiger partial charge >= 0.3 is 0 Å². The lowest BCUT2D eigenvalue weighted by Gasteiger charge is -2.23. The Labute approximate surface area is 270 Å². The third-order valence-corrected chi connectivity index (χ3v) is 9.68. The van der Waals surface area contributed by atoms with Crippen molar-refractivity contribution in [2.45, 2.75) is 30.2 Å². The van der Waals surface area contributed by atoms with Gasteiger partial charge in [-0.25, -0.2) is 4.98 Å². The molecule has 5 aromatic rings. The van der Waals surface area contributed by atoms with Gasteiger partial charge in [-0.3, -0.25) is 23.3 Å². The molecule has 0 bridgehead atoms. The van der Waals surface area contributed by atoms with Crippen LogP contribution in [0.2, 0.25) is 0 Å². The molecular formula is C35H37N7O3S. The van der Waals surface area contributed by atoms with Gasteiger partial charge in [-0.1, -0.05) is 42.5 Å². The number of nitrogens with zero attached hydrogens (tertiary/aromatic N) is 5. The van der Waals surface area contributed by atoms with Crippen molar-refractivity contribution < 1.29 is 9.00 Å². The summed E-state index contributed by atoms with van der Waals surface area (Å²) in [5.74, 6) is 0.902. The fourth-order valence-electron chi connectivity index (χ4n) is 5.70. The van der Waals surface area contributed by atoms with Crippen LogP contribution in [0.4, 0.5) is 11.6 Å². The van der Waals surface area contributed by atoms with E-state index < -0.39 is 22.1 Å². The molecule has 1 atom stereocenters. The van der Waals surface area contributed by atoms with Crippen molar-refractivity contribution in [2.75, 3.05) is 44.8 Å². The van der Waals surface area contributed by atoms with E-state index in [1.54, 1.807) is 55.0 Å². The van der Waals surface area contributed by atoms with Crippen LogP contribution in [0, 0.1) is 0 Å². The summed E-state index contributed by atoms with van der Waals surface area (Å²) in [4.78, 5) is 43.8. The van der Waals surface area contributed by atoms with Gasteiger partial charge in [0.1, 0.15) is 5.65 Å². The SMILES string of the molecule is CN(C)CCS(=O)c1ccncc1Cn1c(=O)c(C(=O)c2ccccc2)cc2cnc(Nc3ccc(C4CCNCC4)cc3)nc21. The third kappa shape index (κ3) is 7.12. The highest BCUT2D eigenvalue weighted by Crippen LogP contribution is 2.27. The van der Waals surface area contributed by atoms with Crippen LogP contribution in [-0.4, -0.2) is 73.9 Å². The molecule has 2 aromatic carbocycles. The van der Waals surface area contributed by atoms with E-state index in [-0.39, 0.29) is 12.1 Å². The minimum atomic E-state index is -1.32. The van der Waals surface area contributed by atoms with Crippen LogP contribution in [0.5, 0.6) is 0 Å². The number of anilines is 2. The molecule has 0 amide bonds. The maximum absolute atomic E-state index is 14.1. The third-order valence-electron chi connectivity index (χ3n) is 8.24. The Morgan fingerprint density at radius 3 is 2.54 bits per heavy atom. The maximum Gasteiger partial charge on any atom is 0.263 e. The van der Waals surface area contributed by atoms with Gasteiger partial charge in [-0.2, -0.15) is 4.98 Å². The Morgan fingerprint density at radius 1 is 1.04 bits per heavy atom. The molecule has 0 spiro atoms. The van der Waals surface area contributed by atoms with E-state index in [0.717, 1.165) is 31.6 Å². The van der Waals surface area contributed by atoms with E-state index in [2.05, 4.69) is 32.7 Å². The Balaban J connectivity index is 1.39. The first-order chi connectivity index (χ1) is 22.4. The van der Waals surface area contributed by atoms with E-state index >= 15 is 0 Å². The topological polar surface area (TPSA) is 122 Å². The zero-order valence-electron chi connectivity index (χ0n) is 26.0. The first-order valence-electron chi connectivity index (χ1n) is 15.4. The van der Waals surface area contributed by atoms with Crippen LogP contribution in [0.15, 0.2) is 95.0 Å². The van der Waals surface area contributed by atoms with Gasteiger partial charge in [0.25, 0.3) is 5.56 Å². The number of carbonyl (C=O) groups is 1. The molecule has 11 heteroatoms. The van der Waals surface area contributed by atoms with E-state index in [4.69, 9.17) is 4.98 Å². The average Bonchev–Trinajstić information content (AvgIpc) is 3.09. The van der Waals surface area contributed by atoms with Crippen LogP contribution in [0.3, 0.4) is 0 Å². The average molecular weight is 636 g/mol. The lowest BCUT2D eigenvalue weighted by molar-refractivity contribution is 0.103. The van der Waals surface area contributed by atoms with Crippen LogP contribution in [0.1, 0.15) is 45.8 Å². The number of benzene rings is 2. The molecule has 1 saturated heterocycles. The second-order valence-electron chi connectivity index (χ2n) is 11.7. The van der Waals surface area contributed by atoms with Crippen molar-refractivity contribution in [2.24, 2.45) is 0 Å². The predicted molar refractivity (Wildman–Crippen MR) is 181 cm³/mol. The molecule has 10 nitrogen and oxygen atoms in total. The van der Waals surface area contributed by atoms with Crippen LogP contribution in [0.25, 0.3) is 11.0 Å². The van der Waals surface area contributed by atoms with Crippen molar-refractivity contribution in [3.05, 3.63) is 118 Å². The summed E-state index contributed by atoms with van der Waals surface area (Å²) in [6, 6.07) is 20.3. The number of hydrogen-bond donors (Lipinski definition) is 2. The Kier molecular flexibility index (Phi) is 9.72. The lowest BCUT2D eigenvalue weighted by Crippen LogP contribution is -2.29. The number of carbonyl (C=O) groups excluding carboxylic acids is 1. The van der Waals surface area contributed by atoms with Crippen molar-refractivity contribution in [1.82, 2.24) is 29.7 Å². The molecule has 1 aliphatic heterocycles. The molecule has 6 rings (SSSR count). The number of aromatic nitrogens is 4. The molecule has 0 radical (unpaired) electrons. The molecule has 1 aliphatic rings. The number of rotatable bonds is 11. The number of ketones is 1. The van der Waals surface area contributed by atoms with Gasteiger partial charge in [-0.05, 0) is 75.8 Å². The standard InChI is InChI=1S/C35H37N7O3S/c1-41(2)18-19-46(45)31-14-17-37-21-28(31)23-42-33-27(20-30(34(42)44)32(43)26-6-4-3-5-7-26)22-38-35(40-33)39-29-10-8-24(9-11-29)25-12-15-36-16-13-25/h3-11,14,17,20-22,25,36H,12-13,15-16,18-19,23H2,1-2H3,(H,38,39,40). The highest BCUT2D eigenvalue weighted by atomic mass is 32.2. The number of piperidine rings is 1. The Hall–Kier alpha value is -4.58. The molecule has 4 heterocycles. The van der Waals surface area contributed by atoms with Crippen molar-refractivity contribution in [1.29, 1.82) is 0 Å². The molecule has 236 valence electrons. The van der Waals surface area contributed by atoms with Crippen molar-refractivity contribution in [3.63, 3.8) is 0 Å². The molecule has 1 fully saturated rings. The van der Waals surface area contributed by atoms with Gasteiger partial charge < -0.3 is 15.5 Å². The summed E-state index contributed by atoms with van der Waals surface area (Å²) in [5, 5.41) is 7.22. The number of fused-ring (bicyclic) bond motifs is 1. The monoisotopic (exact) mass is 635 g/mol. The summed E-state index contributed by atoms with van der Waals surface area (Å²) in [6.45, 7) is 2.73. The molecule has 0 saturated carbocycles. The fraction of sp³-hybridized carbons (Fsp3) is 0.286. The minimum absolute atomic E-state index is 0.00989. The lowest BCUT2D eigenvalue weighted by atomic mass is 9.90. The van der Waals surface area contributed by atoms with E-state index in [1.165, 1.54) is 10.1 Å². The maximum atomic E-state index is 14.1. The van der Waals surface area contributed by atoms with Crippen LogP contribution < -0.4 is 16.2 Å². The molecule has 0 aliphatic carbocycles. The Bertz CT molecular complexity index is 1920. The van der Waals surface area contributed by atoms with E-state index in [0.29, 0.717) is 51.2 Å². The van der Waals surface area contributed by atoms with Gasteiger partial charge in [-0.15, -0.1) is 0 Å². The van der Waals surface area contributed by atoms with Gasteiger partial charge in [0.15, 0.2) is 5.78 Å². The van der Waals surface area contributed by atoms with Gasteiger partial charge in [0.05, 0.1) is 22.9 Å². The molecular weight excluding hydrogens is 598 g/mol. The first kappa shape index (κ1) is 31.4. The largest absolute Gasteiger partial charge is 0.324 e. The van der Waals surface area contributed by atoms with E-state index in [9.17, 15) is 13.8 Å². The summed E-state index contributed by atoms with van der Waals surface area (Å²) >= 11 is 0. The smallest absolute Gasteiger partial charge is 0.263 e. The summed E-state index contributed by atoms with van der Waals surface area (Å²) < 4.78 is 14.8. The van der Waals surface area contributed by atoms with Crippen LogP contribution in [-0.2, 0) is 17.3 Å². The zero-order chi connectivity index (χ0) is 32.0. The predicted octanol–water partition coefficient (Wildman–Crippen LogP) is 4.35. The normalized spacial score (nSPS) is 14.4.